The smallest absolute Gasteiger partial charge is 0.00886 e. The van der Waals surface area contributed by atoms with Crippen molar-refractivity contribution in [1.29, 1.82) is 0 Å². The first-order chi connectivity index (χ1) is 9.41. The molecule has 0 rings (SSSR count). The molecule has 0 unspecified atom stereocenters. The molecule has 0 aliphatic heterocycles. The molecule has 0 bridgehead atoms. The lowest BCUT2D eigenvalue weighted by Crippen LogP contribution is -1.82. The van der Waals surface area contributed by atoms with Crippen molar-refractivity contribution in [2.24, 2.45) is 0 Å². The first-order valence-corrected chi connectivity index (χ1v) is 8.87. The molecule has 0 aromatic carbocycles. The van der Waals surface area contributed by atoms with E-state index >= 15 is 0 Å². The zero-order chi connectivity index (χ0) is 14.0. The summed E-state index contributed by atoms with van der Waals surface area (Å²) in [5.41, 5.74) is 0. The van der Waals surface area contributed by atoms with Crippen LogP contribution in [0.4, 0.5) is 0 Å². The molecular weight excluding hydrogens is 228 g/mol. The van der Waals surface area contributed by atoms with Crippen molar-refractivity contribution in [2.45, 2.75) is 110 Å². The Kier molecular flexibility index (Phi) is 17.2. The van der Waals surface area contributed by atoms with Crippen molar-refractivity contribution in [1.82, 2.24) is 0 Å². The van der Waals surface area contributed by atoms with Crippen LogP contribution in [0, 0.1) is 11.8 Å². The monoisotopic (exact) mass is 264 g/mol. The van der Waals surface area contributed by atoms with Gasteiger partial charge in [0.1, 0.15) is 0 Å². The van der Waals surface area contributed by atoms with Crippen LogP contribution in [0.2, 0.25) is 0 Å². The topological polar surface area (TPSA) is 0 Å². The highest BCUT2D eigenvalue weighted by Crippen LogP contribution is 2.12. The van der Waals surface area contributed by atoms with Crippen LogP contribution in [-0.2, 0) is 0 Å². The molecule has 0 fully saturated rings. The molecule has 0 aromatic heterocycles. The standard InChI is InChI=1S/C19H36/c1-3-5-7-9-11-13-15-17-19-18-16-14-12-10-8-6-4-2/h3-5,7,9-19H2,1-2H3. The van der Waals surface area contributed by atoms with Gasteiger partial charge in [-0.1, -0.05) is 90.9 Å². The summed E-state index contributed by atoms with van der Waals surface area (Å²) in [5.74, 6) is 6.37. The van der Waals surface area contributed by atoms with Crippen LogP contribution in [0.15, 0.2) is 0 Å². The second-order valence-electron chi connectivity index (χ2n) is 5.70. The maximum Gasteiger partial charge on any atom is 0.00886 e. The Labute approximate surface area is 122 Å². The van der Waals surface area contributed by atoms with E-state index in [4.69, 9.17) is 0 Å². The van der Waals surface area contributed by atoms with Gasteiger partial charge in [0, 0.05) is 12.8 Å². The molecule has 19 heavy (non-hydrogen) atoms. The lowest BCUT2D eigenvalue weighted by Gasteiger charge is -2.02. The fourth-order valence-electron chi connectivity index (χ4n) is 2.44. The molecular formula is C19H36. The summed E-state index contributed by atoms with van der Waals surface area (Å²) in [6.07, 6.45) is 20.7. The van der Waals surface area contributed by atoms with Crippen molar-refractivity contribution in [2.75, 3.05) is 0 Å². The predicted molar refractivity (Wildman–Crippen MR) is 88.4 cm³/mol. The Morgan fingerprint density at radius 3 is 1.32 bits per heavy atom. The van der Waals surface area contributed by atoms with Gasteiger partial charge in [0.05, 0.1) is 0 Å². The molecule has 0 saturated heterocycles. The van der Waals surface area contributed by atoms with E-state index in [0.717, 1.165) is 12.8 Å². The van der Waals surface area contributed by atoms with E-state index in [1.807, 2.05) is 0 Å². The van der Waals surface area contributed by atoms with Gasteiger partial charge in [-0.2, -0.15) is 0 Å². The van der Waals surface area contributed by atoms with Gasteiger partial charge >= 0.3 is 0 Å². The molecule has 0 aliphatic carbocycles. The van der Waals surface area contributed by atoms with E-state index in [1.54, 1.807) is 0 Å². The lowest BCUT2D eigenvalue weighted by molar-refractivity contribution is 0.540. The average molecular weight is 264 g/mol. The van der Waals surface area contributed by atoms with Crippen molar-refractivity contribution < 1.29 is 0 Å². The number of hydrogen-bond donors (Lipinski definition) is 0. The quantitative estimate of drug-likeness (QED) is 0.251. The van der Waals surface area contributed by atoms with Gasteiger partial charge < -0.3 is 0 Å². The van der Waals surface area contributed by atoms with Crippen LogP contribution < -0.4 is 0 Å². The van der Waals surface area contributed by atoms with Crippen LogP contribution in [0.5, 0.6) is 0 Å². The summed E-state index contributed by atoms with van der Waals surface area (Å²) in [6.45, 7) is 4.41. The molecule has 0 heteroatoms. The van der Waals surface area contributed by atoms with Crippen LogP contribution in [0.25, 0.3) is 0 Å². The second kappa shape index (κ2) is 17.6. The molecule has 0 spiro atoms. The Balaban J connectivity index is 2.95. The van der Waals surface area contributed by atoms with E-state index < -0.39 is 0 Å². The van der Waals surface area contributed by atoms with Gasteiger partial charge in [-0.25, -0.2) is 0 Å². The van der Waals surface area contributed by atoms with Gasteiger partial charge in [0.25, 0.3) is 0 Å². The molecule has 0 heterocycles. The zero-order valence-electron chi connectivity index (χ0n) is 13.6. The maximum absolute atomic E-state index is 3.22. The van der Waals surface area contributed by atoms with Crippen molar-refractivity contribution in [3.8, 4) is 11.8 Å². The Bertz CT molecular complexity index is 206. The molecule has 0 atom stereocenters. The summed E-state index contributed by atoms with van der Waals surface area (Å²) >= 11 is 0. The Morgan fingerprint density at radius 2 is 0.895 bits per heavy atom. The van der Waals surface area contributed by atoms with Crippen LogP contribution in [-0.4, -0.2) is 0 Å². The van der Waals surface area contributed by atoms with Crippen molar-refractivity contribution >= 4 is 0 Å². The summed E-state index contributed by atoms with van der Waals surface area (Å²) in [4.78, 5) is 0. The summed E-state index contributed by atoms with van der Waals surface area (Å²) in [7, 11) is 0. The summed E-state index contributed by atoms with van der Waals surface area (Å²) in [5, 5.41) is 0. The van der Waals surface area contributed by atoms with Gasteiger partial charge in [-0.3, -0.25) is 0 Å². The van der Waals surface area contributed by atoms with Crippen molar-refractivity contribution in [3.05, 3.63) is 0 Å². The number of unbranched alkanes of at least 4 members (excludes halogenated alkanes) is 13. The Hall–Kier alpha value is -0.440. The first kappa shape index (κ1) is 18.6. The normalized spacial score (nSPS) is 10.2. The molecule has 0 radical (unpaired) electrons. The van der Waals surface area contributed by atoms with Gasteiger partial charge in [-0.15, -0.1) is 11.8 Å². The molecule has 112 valence electrons. The van der Waals surface area contributed by atoms with Crippen molar-refractivity contribution in [3.63, 3.8) is 0 Å². The average Bonchev–Trinajstić information content (AvgIpc) is 2.43. The minimum atomic E-state index is 1.01. The fourth-order valence-corrected chi connectivity index (χ4v) is 2.44. The molecule has 0 N–H and O–H groups in total. The van der Waals surface area contributed by atoms with Crippen LogP contribution in [0.3, 0.4) is 0 Å². The SMILES string of the molecule is CCC#CCCCCCCCCCCCCCCC. The summed E-state index contributed by atoms with van der Waals surface area (Å²) < 4.78 is 0. The van der Waals surface area contributed by atoms with Crippen LogP contribution >= 0.6 is 0 Å². The largest absolute Gasteiger partial charge is 0.104 e. The molecule has 0 amide bonds. The minimum Gasteiger partial charge on any atom is -0.104 e. The van der Waals surface area contributed by atoms with Gasteiger partial charge in [0.2, 0.25) is 0 Å². The first-order valence-electron chi connectivity index (χ1n) is 8.87. The van der Waals surface area contributed by atoms with Crippen LogP contribution in [0.1, 0.15) is 110 Å². The molecule has 0 saturated carbocycles. The Morgan fingerprint density at radius 1 is 0.474 bits per heavy atom. The molecule has 0 aliphatic rings. The van der Waals surface area contributed by atoms with E-state index in [1.165, 1.54) is 83.5 Å². The van der Waals surface area contributed by atoms with E-state index in [2.05, 4.69) is 25.7 Å². The third kappa shape index (κ3) is 17.6. The number of hydrogen-bond acceptors (Lipinski definition) is 0. The van der Waals surface area contributed by atoms with E-state index in [0.29, 0.717) is 0 Å². The van der Waals surface area contributed by atoms with E-state index in [-0.39, 0.29) is 0 Å². The zero-order valence-corrected chi connectivity index (χ0v) is 13.6. The minimum absolute atomic E-state index is 1.01. The molecule has 0 aromatic rings. The summed E-state index contributed by atoms with van der Waals surface area (Å²) in [6, 6.07) is 0. The highest BCUT2D eigenvalue weighted by Gasteiger charge is 1.93. The second-order valence-corrected chi connectivity index (χ2v) is 5.70. The highest BCUT2D eigenvalue weighted by atomic mass is 14.0. The lowest BCUT2D eigenvalue weighted by atomic mass is 10.0. The highest BCUT2D eigenvalue weighted by molar-refractivity contribution is 4.97. The van der Waals surface area contributed by atoms with Gasteiger partial charge in [-0.05, 0) is 6.42 Å². The van der Waals surface area contributed by atoms with Gasteiger partial charge in [0.15, 0.2) is 0 Å². The third-order valence-electron chi connectivity index (χ3n) is 3.71. The number of rotatable bonds is 13. The van der Waals surface area contributed by atoms with E-state index in [9.17, 15) is 0 Å². The third-order valence-corrected chi connectivity index (χ3v) is 3.71. The fraction of sp³-hybridized carbons (Fsp3) is 0.895. The maximum atomic E-state index is 3.22. The molecule has 0 nitrogen and oxygen atoms in total. The predicted octanol–water partition coefficient (Wildman–Crippen LogP) is 6.88.